The average Bonchev–Trinajstić information content (AvgIpc) is 3.16. The fourth-order valence-corrected chi connectivity index (χ4v) is 6.76. The number of aliphatic hydroxyl groups excluding tert-OH is 3. The minimum atomic E-state index is -1.11. The fourth-order valence-electron chi connectivity index (χ4n) is 6.76. The van der Waals surface area contributed by atoms with Gasteiger partial charge in [-0.3, -0.25) is 4.79 Å². The van der Waals surface area contributed by atoms with Crippen LogP contribution in [0, 0.1) is 0 Å². The Morgan fingerprint density at radius 2 is 0.830 bits per heavy atom. The van der Waals surface area contributed by atoms with Crippen LogP contribution in [-0.2, 0) is 4.79 Å². The number of amides is 1. The fraction of sp³-hybridized carbons (Fsp3) is 0.812. The summed E-state index contributed by atoms with van der Waals surface area (Å²) in [6.07, 6.45) is 56.0. The monoisotopic (exact) mass is 744 g/mol. The molecular formula is C48H89NO4. The SMILES string of the molecule is CCCCC/C=C/CC/C=C/C(O)C(CO)NC(=O)C(O)CCCCCCCCCCCCCCCC/C=C\C/C=C\CCCCCCCCCCC. The van der Waals surface area contributed by atoms with Crippen molar-refractivity contribution in [3.63, 3.8) is 0 Å². The lowest BCUT2D eigenvalue weighted by atomic mass is 10.0. The Hall–Kier alpha value is -1.69. The molecule has 0 aromatic heterocycles. The van der Waals surface area contributed by atoms with Gasteiger partial charge in [0, 0.05) is 0 Å². The molecular weight excluding hydrogens is 655 g/mol. The van der Waals surface area contributed by atoms with Gasteiger partial charge in [-0.2, -0.15) is 0 Å². The topological polar surface area (TPSA) is 89.8 Å². The maximum atomic E-state index is 12.4. The van der Waals surface area contributed by atoms with Crippen LogP contribution in [0.3, 0.4) is 0 Å². The normalized spacial score (nSPS) is 14.0. The van der Waals surface area contributed by atoms with Crippen LogP contribution in [0.15, 0.2) is 48.6 Å². The van der Waals surface area contributed by atoms with Crippen LogP contribution in [0.2, 0.25) is 0 Å². The van der Waals surface area contributed by atoms with E-state index in [2.05, 4.69) is 55.6 Å². The van der Waals surface area contributed by atoms with Gasteiger partial charge in [0.15, 0.2) is 0 Å². The number of hydrogen-bond acceptors (Lipinski definition) is 4. The Bertz CT molecular complexity index is 866. The first-order chi connectivity index (χ1) is 26.1. The number of aliphatic hydroxyl groups is 3. The molecule has 5 nitrogen and oxygen atoms in total. The van der Waals surface area contributed by atoms with Gasteiger partial charge in [0.25, 0.3) is 0 Å². The lowest BCUT2D eigenvalue weighted by molar-refractivity contribution is -0.131. The summed E-state index contributed by atoms with van der Waals surface area (Å²) >= 11 is 0. The molecule has 0 aromatic rings. The number of carbonyl (C=O) groups is 1. The van der Waals surface area contributed by atoms with Crippen LogP contribution in [-0.4, -0.2) is 46.1 Å². The van der Waals surface area contributed by atoms with E-state index in [1.54, 1.807) is 6.08 Å². The van der Waals surface area contributed by atoms with Crippen LogP contribution in [0.25, 0.3) is 0 Å². The van der Waals surface area contributed by atoms with Gasteiger partial charge in [0.1, 0.15) is 6.10 Å². The molecule has 3 unspecified atom stereocenters. The quantitative estimate of drug-likeness (QED) is 0.0371. The molecule has 0 rings (SSSR count). The zero-order valence-electron chi connectivity index (χ0n) is 35.1. The second-order valence-electron chi connectivity index (χ2n) is 15.6. The summed E-state index contributed by atoms with van der Waals surface area (Å²) < 4.78 is 0. The van der Waals surface area contributed by atoms with E-state index in [0.29, 0.717) is 6.42 Å². The Morgan fingerprint density at radius 3 is 1.30 bits per heavy atom. The molecule has 3 atom stereocenters. The van der Waals surface area contributed by atoms with Crippen molar-refractivity contribution in [2.45, 2.75) is 244 Å². The standard InChI is InChI=1S/C48H89NO4/c1-3-5-7-9-11-13-14-15-16-17-18-19-20-21-22-23-24-25-26-27-28-29-30-31-32-33-35-37-39-41-43-47(52)48(53)49-45(44-50)46(51)42-40-38-36-34-12-10-8-6-4-2/h12,18-19,21-22,34,40,42,45-47,50-52H,3-11,13-17,20,23-33,35-39,41,43-44H2,1-2H3,(H,49,53)/b19-18-,22-21-,34-12+,42-40+. The molecule has 0 aliphatic carbocycles. The summed E-state index contributed by atoms with van der Waals surface area (Å²) in [6.45, 7) is 4.11. The van der Waals surface area contributed by atoms with Gasteiger partial charge in [0.05, 0.1) is 18.8 Å². The third kappa shape index (κ3) is 38.4. The highest BCUT2D eigenvalue weighted by atomic mass is 16.3. The molecule has 0 radical (unpaired) electrons. The average molecular weight is 744 g/mol. The van der Waals surface area contributed by atoms with Gasteiger partial charge in [0.2, 0.25) is 5.91 Å². The highest BCUT2D eigenvalue weighted by Gasteiger charge is 2.22. The summed E-state index contributed by atoms with van der Waals surface area (Å²) in [5.41, 5.74) is 0. The molecule has 0 aliphatic rings. The van der Waals surface area contributed by atoms with Crippen molar-refractivity contribution in [3.05, 3.63) is 48.6 Å². The van der Waals surface area contributed by atoms with E-state index in [4.69, 9.17) is 0 Å². The zero-order chi connectivity index (χ0) is 38.7. The van der Waals surface area contributed by atoms with E-state index in [9.17, 15) is 20.1 Å². The van der Waals surface area contributed by atoms with Gasteiger partial charge < -0.3 is 20.6 Å². The molecule has 0 bridgehead atoms. The van der Waals surface area contributed by atoms with E-state index in [1.807, 2.05) is 6.08 Å². The van der Waals surface area contributed by atoms with Gasteiger partial charge >= 0.3 is 0 Å². The Balaban J connectivity index is 3.55. The predicted molar refractivity (Wildman–Crippen MR) is 231 cm³/mol. The van der Waals surface area contributed by atoms with E-state index < -0.39 is 24.2 Å². The lowest BCUT2D eigenvalue weighted by Gasteiger charge is -2.21. The van der Waals surface area contributed by atoms with E-state index >= 15 is 0 Å². The second kappa shape index (κ2) is 43.0. The van der Waals surface area contributed by atoms with Gasteiger partial charge in [-0.15, -0.1) is 0 Å². The maximum absolute atomic E-state index is 12.4. The molecule has 0 saturated heterocycles. The first kappa shape index (κ1) is 51.3. The number of hydrogen-bond donors (Lipinski definition) is 4. The summed E-state index contributed by atoms with van der Waals surface area (Å²) in [5.74, 6) is -0.517. The molecule has 53 heavy (non-hydrogen) atoms. The Kier molecular flexibility index (Phi) is 41.7. The largest absolute Gasteiger partial charge is 0.394 e. The zero-order valence-corrected chi connectivity index (χ0v) is 35.1. The number of carbonyl (C=O) groups excluding carboxylic acids is 1. The van der Waals surface area contributed by atoms with Gasteiger partial charge in [-0.25, -0.2) is 0 Å². The van der Waals surface area contributed by atoms with Crippen LogP contribution in [0.5, 0.6) is 0 Å². The van der Waals surface area contributed by atoms with Crippen LogP contribution >= 0.6 is 0 Å². The second-order valence-corrected chi connectivity index (χ2v) is 15.6. The maximum Gasteiger partial charge on any atom is 0.249 e. The predicted octanol–water partition coefficient (Wildman–Crippen LogP) is 13.3. The number of nitrogens with one attached hydrogen (secondary N) is 1. The van der Waals surface area contributed by atoms with E-state index in [1.165, 1.54) is 161 Å². The Labute approximate surface area is 329 Å². The van der Waals surface area contributed by atoms with Crippen LogP contribution < -0.4 is 5.32 Å². The van der Waals surface area contributed by atoms with E-state index in [0.717, 1.165) is 44.9 Å². The first-order valence-corrected chi connectivity index (χ1v) is 23.0. The van der Waals surface area contributed by atoms with Gasteiger partial charge in [-0.1, -0.05) is 210 Å². The molecule has 1 amide bonds. The molecule has 0 spiro atoms. The first-order valence-electron chi connectivity index (χ1n) is 23.0. The minimum Gasteiger partial charge on any atom is -0.394 e. The van der Waals surface area contributed by atoms with E-state index in [-0.39, 0.29) is 6.61 Å². The molecule has 310 valence electrons. The lowest BCUT2D eigenvalue weighted by Crippen LogP contribution is -2.48. The molecule has 0 heterocycles. The smallest absolute Gasteiger partial charge is 0.249 e. The summed E-state index contributed by atoms with van der Waals surface area (Å²) in [4.78, 5) is 12.4. The number of allylic oxidation sites excluding steroid dienone is 7. The van der Waals surface area contributed by atoms with Crippen molar-refractivity contribution in [2.75, 3.05) is 6.61 Å². The molecule has 4 N–H and O–H groups in total. The summed E-state index contributed by atoms with van der Waals surface area (Å²) in [6, 6.07) is -0.813. The summed E-state index contributed by atoms with van der Waals surface area (Å²) in [7, 11) is 0. The van der Waals surface area contributed by atoms with Crippen molar-refractivity contribution >= 4 is 5.91 Å². The molecule has 0 saturated carbocycles. The van der Waals surface area contributed by atoms with Crippen LogP contribution in [0.1, 0.15) is 226 Å². The molecule has 0 fully saturated rings. The number of rotatable bonds is 41. The van der Waals surface area contributed by atoms with Crippen molar-refractivity contribution in [1.82, 2.24) is 5.32 Å². The molecule has 5 heteroatoms. The van der Waals surface area contributed by atoms with Crippen molar-refractivity contribution in [2.24, 2.45) is 0 Å². The summed E-state index contributed by atoms with van der Waals surface area (Å²) in [5, 5.41) is 32.9. The van der Waals surface area contributed by atoms with Crippen LogP contribution in [0.4, 0.5) is 0 Å². The van der Waals surface area contributed by atoms with Crippen molar-refractivity contribution in [3.8, 4) is 0 Å². The van der Waals surface area contributed by atoms with Gasteiger partial charge in [-0.05, 0) is 64.2 Å². The molecule has 0 aromatic carbocycles. The molecule has 0 aliphatic heterocycles. The Morgan fingerprint density at radius 1 is 0.472 bits per heavy atom. The highest BCUT2D eigenvalue weighted by Crippen LogP contribution is 2.15. The third-order valence-electron chi connectivity index (χ3n) is 10.4. The number of unbranched alkanes of at least 4 members (excludes halogenated alkanes) is 27. The highest BCUT2D eigenvalue weighted by molar-refractivity contribution is 5.80. The van der Waals surface area contributed by atoms with Crippen molar-refractivity contribution in [1.29, 1.82) is 0 Å². The minimum absolute atomic E-state index is 0.378. The third-order valence-corrected chi connectivity index (χ3v) is 10.4. The van der Waals surface area contributed by atoms with Crippen molar-refractivity contribution < 1.29 is 20.1 Å².